The smallest absolute Gasteiger partial charge is 0.322 e. The molecule has 0 bridgehead atoms. The zero-order valence-electron chi connectivity index (χ0n) is 15.4. The molecule has 3 N–H and O–H groups in total. The van der Waals surface area contributed by atoms with E-state index in [1.54, 1.807) is 0 Å². The summed E-state index contributed by atoms with van der Waals surface area (Å²) < 4.78 is 5.45. The molecule has 2 heterocycles. The number of benzene rings is 1. The molecule has 0 radical (unpaired) electrons. The van der Waals surface area contributed by atoms with E-state index in [0.29, 0.717) is 18.8 Å². The van der Waals surface area contributed by atoms with Gasteiger partial charge in [0.05, 0.1) is 10.7 Å². The SMILES string of the molecule is O=C1NC(=O)C2(CC(C(=O)NC(c3cccc4sncc34)C3CCCC3)C2)N1. The van der Waals surface area contributed by atoms with E-state index in [2.05, 4.69) is 32.5 Å². The Hall–Kier alpha value is -2.48. The van der Waals surface area contributed by atoms with E-state index >= 15 is 0 Å². The normalized spacial score (nSPS) is 28.2. The molecule has 1 aliphatic heterocycles. The van der Waals surface area contributed by atoms with Crippen molar-refractivity contribution in [2.24, 2.45) is 11.8 Å². The first-order valence-corrected chi connectivity index (χ1v) is 10.6. The summed E-state index contributed by atoms with van der Waals surface area (Å²) in [4.78, 5) is 36.4. The van der Waals surface area contributed by atoms with Crippen LogP contribution in [0.3, 0.4) is 0 Å². The van der Waals surface area contributed by atoms with Gasteiger partial charge in [-0.3, -0.25) is 14.9 Å². The fourth-order valence-corrected chi connectivity index (χ4v) is 5.66. The van der Waals surface area contributed by atoms with Crippen LogP contribution in [0.4, 0.5) is 4.79 Å². The molecule has 8 heteroatoms. The Bertz CT molecular complexity index is 959. The van der Waals surface area contributed by atoms with Gasteiger partial charge in [0.1, 0.15) is 5.54 Å². The zero-order valence-corrected chi connectivity index (χ0v) is 16.2. The number of carbonyl (C=O) groups is 3. The van der Waals surface area contributed by atoms with E-state index in [-0.39, 0.29) is 23.8 Å². The summed E-state index contributed by atoms with van der Waals surface area (Å²) in [6.07, 6.45) is 7.19. The predicted molar refractivity (Wildman–Crippen MR) is 105 cm³/mol. The Balaban J connectivity index is 1.36. The molecule has 1 aromatic heterocycles. The molecule has 1 unspecified atom stereocenters. The molecule has 1 aromatic carbocycles. The van der Waals surface area contributed by atoms with Crippen molar-refractivity contribution in [2.45, 2.75) is 50.1 Å². The van der Waals surface area contributed by atoms with Gasteiger partial charge in [-0.25, -0.2) is 4.79 Å². The highest BCUT2D eigenvalue weighted by molar-refractivity contribution is 7.13. The van der Waals surface area contributed by atoms with Crippen LogP contribution in [0, 0.1) is 11.8 Å². The number of nitrogens with zero attached hydrogens (tertiary/aromatic N) is 1. The van der Waals surface area contributed by atoms with Crippen LogP contribution in [0.1, 0.15) is 50.1 Å². The second-order valence-corrected chi connectivity index (χ2v) is 9.04. The molecule has 1 spiro atoms. The third kappa shape index (κ3) is 2.78. The van der Waals surface area contributed by atoms with Gasteiger partial charge in [0.15, 0.2) is 0 Å². The van der Waals surface area contributed by atoms with E-state index in [9.17, 15) is 14.4 Å². The number of amides is 4. The summed E-state index contributed by atoms with van der Waals surface area (Å²) in [6, 6.07) is 5.66. The number of aromatic nitrogens is 1. The van der Waals surface area contributed by atoms with E-state index in [1.807, 2.05) is 12.3 Å². The number of hydrogen-bond donors (Lipinski definition) is 3. The van der Waals surface area contributed by atoms with E-state index < -0.39 is 11.6 Å². The topological polar surface area (TPSA) is 100 Å². The van der Waals surface area contributed by atoms with Gasteiger partial charge in [-0.2, -0.15) is 4.37 Å². The van der Waals surface area contributed by atoms with Crippen molar-refractivity contribution in [1.82, 2.24) is 20.3 Å². The van der Waals surface area contributed by atoms with Crippen molar-refractivity contribution in [3.63, 3.8) is 0 Å². The Labute approximate surface area is 166 Å². The number of fused-ring (bicyclic) bond motifs is 1. The van der Waals surface area contributed by atoms with E-state index in [0.717, 1.165) is 28.5 Å². The van der Waals surface area contributed by atoms with Gasteiger partial charge < -0.3 is 10.6 Å². The number of rotatable bonds is 4. The highest BCUT2D eigenvalue weighted by atomic mass is 32.1. The minimum Gasteiger partial charge on any atom is -0.349 e. The molecule has 2 aromatic rings. The Morgan fingerprint density at radius 1 is 1.25 bits per heavy atom. The van der Waals surface area contributed by atoms with Gasteiger partial charge in [-0.15, -0.1) is 0 Å². The van der Waals surface area contributed by atoms with Gasteiger partial charge in [-0.1, -0.05) is 25.0 Å². The fraction of sp³-hybridized carbons (Fsp3) is 0.500. The van der Waals surface area contributed by atoms with Gasteiger partial charge in [0.2, 0.25) is 5.91 Å². The molecule has 4 amide bonds. The third-order valence-electron chi connectivity index (χ3n) is 6.51. The van der Waals surface area contributed by atoms with Crippen molar-refractivity contribution in [3.8, 4) is 0 Å². The summed E-state index contributed by atoms with van der Waals surface area (Å²) >= 11 is 1.47. The summed E-state index contributed by atoms with van der Waals surface area (Å²) in [5.74, 6) is -0.189. The van der Waals surface area contributed by atoms with Crippen LogP contribution >= 0.6 is 11.5 Å². The van der Waals surface area contributed by atoms with Gasteiger partial charge in [0.25, 0.3) is 5.91 Å². The maximum atomic E-state index is 13.0. The Morgan fingerprint density at radius 3 is 2.75 bits per heavy atom. The lowest BCUT2D eigenvalue weighted by Crippen LogP contribution is -2.60. The average molecular weight is 398 g/mol. The van der Waals surface area contributed by atoms with Crippen LogP contribution < -0.4 is 16.0 Å². The Kier molecular flexibility index (Phi) is 4.12. The van der Waals surface area contributed by atoms with Crippen LogP contribution in [-0.2, 0) is 9.59 Å². The molecule has 2 saturated carbocycles. The number of carbonyl (C=O) groups excluding carboxylic acids is 3. The molecule has 2 aliphatic carbocycles. The van der Waals surface area contributed by atoms with Gasteiger partial charge in [-0.05, 0) is 54.8 Å². The maximum absolute atomic E-state index is 13.0. The molecule has 1 saturated heterocycles. The minimum absolute atomic E-state index is 0.0309. The quantitative estimate of drug-likeness (QED) is 0.689. The van der Waals surface area contributed by atoms with Crippen molar-refractivity contribution in [1.29, 1.82) is 0 Å². The minimum atomic E-state index is -0.890. The molecule has 3 aliphatic rings. The van der Waals surface area contributed by atoms with Crippen LogP contribution in [0.15, 0.2) is 24.4 Å². The number of imide groups is 1. The van der Waals surface area contributed by atoms with Gasteiger partial charge >= 0.3 is 6.03 Å². The summed E-state index contributed by atoms with van der Waals surface area (Å²) in [7, 11) is 0. The highest BCUT2D eigenvalue weighted by Gasteiger charge is 2.57. The third-order valence-corrected chi connectivity index (χ3v) is 7.28. The number of urea groups is 1. The first kappa shape index (κ1) is 17.6. The predicted octanol–water partition coefficient (Wildman–Crippen LogP) is 2.63. The molecule has 1 atom stereocenters. The van der Waals surface area contributed by atoms with Crippen molar-refractivity contribution < 1.29 is 14.4 Å². The van der Waals surface area contributed by atoms with Gasteiger partial charge in [0, 0.05) is 17.5 Å². The first-order valence-electron chi connectivity index (χ1n) is 9.83. The molecule has 3 fully saturated rings. The summed E-state index contributed by atoms with van der Waals surface area (Å²) in [6.45, 7) is 0. The lowest BCUT2D eigenvalue weighted by atomic mass is 9.67. The van der Waals surface area contributed by atoms with Crippen molar-refractivity contribution >= 4 is 39.5 Å². The molecule has 28 heavy (non-hydrogen) atoms. The molecule has 5 rings (SSSR count). The zero-order chi connectivity index (χ0) is 19.3. The molecule has 7 nitrogen and oxygen atoms in total. The van der Waals surface area contributed by atoms with Crippen LogP contribution in [-0.4, -0.2) is 27.8 Å². The average Bonchev–Trinajstić information content (AvgIpc) is 3.37. The Morgan fingerprint density at radius 2 is 2.04 bits per heavy atom. The molecular weight excluding hydrogens is 376 g/mol. The van der Waals surface area contributed by atoms with E-state index in [4.69, 9.17) is 0 Å². The lowest BCUT2D eigenvalue weighted by Gasteiger charge is -2.42. The monoisotopic (exact) mass is 398 g/mol. The highest BCUT2D eigenvalue weighted by Crippen LogP contribution is 2.42. The summed E-state index contributed by atoms with van der Waals surface area (Å²) in [5.41, 5.74) is 0.242. The van der Waals surface area contributed by atoms with E-state index in [1.165, 1.54) is 24.4 Å². The van der Waals surface area contributed by atoms with Crippen LogP contribution in [0.25, 0.3) is 10.1 Å². The largest absolute Gasteiger partial charge is 0.349 e. The standard InChI is InChI=1S/C20H22N4O3S/c25-17(12-8-20(9-12)18(26)23-19(27)24-20)22-16(11-4-1-2-5-11)13-6-3-7-15-14(13)10-21-28-15/h3,6-7,10-12,16H,1-2,4-5,8-9H2,(H,22,25)(H2,23,24,26,27). The maximum Gasteiger partial charge on any atom is 0.322 e. The lowest BCUT2D eigenvalue weighted by molar-refractivity contribution is -0.137. The summed E-state index contributed by atoms with van der Waals surface area (Å²) in [5, 5.41) is 9.34. The second kappa shape index (κ2) is 6.55. The number of nitrogens with one attached hydrogen (secondary N) is 3. The fourth-order valence-electron chi connectivity index (χ4n) is 4.98. The first-order chi connectivity index (χ1) is 13.6. The van der Waals surface area contributed by atoms with Crippen molar-refractivity contribution in [2.75, 3.05) is 0 Å². The molecule has 146 valence electrons. The van der Waals surface area contributed by atoms with Crippen molar-refractivity contribution in [3.05, 3.63) is 30.0 Å². The van der Waals surface area contributed by atoms with Crippen LogP contribution in [0.2, 0.25) is 0 Å². The number of hydrogen-bond acceptors (Lipinski definition) is 5. The second-order valence-electron chi connectivity index (χ2n) is 8.21. The van der Waals surface area contributed by atoms with Crippen LogP contribution in [0.5, 0.6) is 0 Å². The molecular formula is C20H22N4O3S.